The van der Waals surface area contributed by atoms with Gasteiger partial charge >= 0.3 is 0 Å². The first-order valence-corrected chi connectivity index (χ1v) is 7.00. The first-order chi connectivity index (χ1) is 7.13. The maximum atomic E-state index is 5.57. The fraction of sp³-hybridized carbons (Fsp3) is 0.636. The Labute approximate surface area is 104 Å². The van der Waals surface area contributed by atoms with Gasteiger partial charge in [0.05, 0.1) is 3.79 Å². The van der Waals surface area contributed by atoms with Crippen LogP contribution >= 0.6 is 27.3 Å². The zero-order valence-corrected chi connectivity index (χ0v) is 11.7. The molecule has 1 unspecified atom stereocenters. The van der Waals surface area contributed by atoms with Crippen LogP contribution in [-0.4, -0.2) is 0 Å². The highest BCUT2D eigenvalue weighted by atomic mass is 79.9. The highest BCUT2D eigenvalue weighted by molar-refractivity contribution is 9.11. The van der Waals surface area contributed by atoms with E-state index in [1.165, 1.54) is 22.2 Å². The number of hydrogen-bond donors (Lipinski definition) is 2. The Balaban J connectivity index is 2.42. The molecule has 0 amide bonds. The second-order valence-electron chi connectivity index (χ2n) is 4.23. The molecule has 1 atom stereocenters. The van der Waals surface area contributed by atoms with Gasteiger partial charge < -0.3 is 0 Å². The molecule has 0 radical (unpaired) electrons. The van der Waals surface area contributed by atoms with Gasteiger partial charge in [-0.1, -0.05) is 26.7 Å². The fourth-order valence-corrected chi connectivity index (χ4v) is 2.81. The lowest BCUT2D eigenvalue weighted by Gasteiger charge is -2.15. The van der Waals surface area contributed by atoms with Crippen molar-refractivity contribution in [3.63, 3.8) is 0 Å². The summed E-state index contributed by atoms with van der Waals surface area (Å²) in [6, 6.07) is 2.44. The maximum Gasteiger partial charge on any atom is 0.0701 e. The standard InChI is InChI=1S/C11H19BrN2S/c1-8(2)4-3-5-10(14-13)9-6-11(12)15-7-9/h6-8,10,14H,3-5,13H2,1-2H3. The average Bonchev–Trinajstić information content (AvgIpc) is 2.59. The third-order valence-electron chi connectivity index (χ3n) is 2.47. The molecule has 0 saturated carbocycles. The lowest BCUT2D eigenvalue weighted by molar-refractivity contribution is 0.456. The van der Waals surface area contributed by atoms with Crippen molar-refractivity contribution < 1.29 is 0 Å². The molecule has 4 heteroatoms. The molecule has 1 heterocycles. The first-order valence-electron chi connectivity index (χ1n) is 5.33. The van der Waals surface area contributed by atoms with Crippen LogP contribution in [0.3, 0.4) is 0 Å². The second-order valence-corrected chi connectivity index (χ2v) is 6.52. The quantitative estimate of drug-likeness (QED) is 0.617. The summed E-state index contributed by atoms with van der Waals surface area (Å²) >= 11 is 5.18. The molecule has 0 spiro atoms. The van der Waals surface area contributed by atoms with Gasteiger partial charge in [-0.25, -0.2) is 0 Å². The van der Waals surface area contributed by atoms with E-state index in [9.17, 15) is 0 Å². The monoisotopic (exact) mass is 290 g/mol. The number of hydrogen-bond acceptors (Lipinski definition) is 3. The van der Waals surface area contributed by atoms with E-state index in [4.69, 9.17) is 5.84 Å². The molecular formula is C11H19BrN2S. The third-order valence-corrected chi connectivity index (χ3v) is 3.99. The van der Waals surface area contributed by atoms with Crippen molar-refractivity contribution in [2.75, 3.05) is 0 Å². The van der Waals surface area contributed by atoms with E-state index >= 15 is 0 Å². The van der Waals surface area contributed by atoms with Crippen LogP contribution in [0.4, 0.5) is 0 Å². The van der Waals surface area contributed by atoms with Gasteiger partial charge in [-0.2, -0.15) is 0 Å². The van der Waals surface area contributed by atoms with Gasteiger partial charge in [-0.05, 0) is 45.3 Å². The van der Waals surface area contributed by atoms with E-state index in [1.807, 2.05) is 0 Å². The van der Waals surface area contributed by atoms with Crippen LogP contribution in [0.1, 0.15) is 44.7 Å². The van der Waals surface area contributed by atoms with Gasteiger partial charge in [0.25, 0.3) is 0 Å². The molecule has 0 aliphatic rings. The number of nitrogens with one attached hydrogen (secondary N) is 1. The zero-order valence-electron chi connectivity index (χ0n) is 9.29. The molecule has 86 valence electrons. The maximum absolute atomic E-state index is 5.57. The minimum atomic E-state index is 0.297. The summed E-state index contributed by atoms with van der Waals surface area (Å²) in [5.41, 5.74) is 4.18. The largest absolute Gasteiger partial charge is 0.271 e. The van der Waals surface area contributed by atoms with Crippen molar-refractivity contribution in [3.05, 3.63) is 20.8 Å². The molecule has 0 aromatic carbocycles. The lowest BCUT2D eigenvalue weighted by Crippen LogP contribution is -2.27. The van der Waals surface area contributed by atoms with Crippen LogP contribution in [0.5, 0.6) is 0 Å². The Hall–Kier alpha value is 0.100. The van der Waals surface area contributed by atoms with Crippen LogP contribution in [0.15, 0.2) is 15.2 Å². The summed E-state index contributed by atoms with van der Waals surface area (Å²) in [5, 5.41) is 2.16. The van der Waals surface area contributed by atoms with Gasteiger partial charge in [0.15, 0.2) is 0 Å². The van der Waals surface area contributed by atoms with E-state index in [0.717, 1.165) is 12.3 Å². The van der Waals surface area contributed by atoms with Gasteiger partial charge in [-0.3, -0.25) is 11.3 Å². The second kappa shape index (κ2) is 6.63. The van der Waals surface area contributed by atoms with E-state index in [0.29, 0.717) is 6.04 Å². The van der Waals surface area contributed by atoms with Gasteiger partial charge in [-0.15, -0.1) is 11.3 Å². The van der Waals surface area contributed by atoms with Crippen molar-refractivity contribution in [2.24, 2.45) is 11.8 Å². The highest BCUT2D eigenvalue weighted by Gasteiger charge is 2.11. The van der Waals surface area contributed by atoms with Crippen LogP contribution in [0, 0.1) is 5.92 Å². The molecule has 0 saturated heterocycles. The number of nitrogens with two attached hydrogens (primary N) is 1. The van der Waals surface area contributed by atoms with Crippen LogP contribution in [0.2, 0.25) is 0 Å². The fourth-order valence-electron chi connectivity index (χ4n) is 1.58. The predicted octanol–water partition coefficient (Wildman–Crippen LogP) is 3.84. The molecular weight excluding hydrogens is 272 g/mol. The van der Waals surface area contributed by atoms with Crippen molar-refractivity contribution in [1.29, 1.82) is 0 Å². The van der Waals surface area contributed by atoms with E-state index in [-0.39, 0.29) is 0 Å². The average molecular weight is 291 g/mol. The molecule has 0 bridgehead atoms. The molecule has 2 nitrogen and oxygen atoms in total. The van der Waals surface area contributed by atoms with Crippen LogP contribution in [0.25, 0.3) is 0 Å². The SMILES string of the molecule is CC(C)CCCC(NN)c1csc(Br)c1. The third kappa shape index (κ3) is 4.64. The van der Waals surface area contributed by atoms with Gasteiger partial charge in [0.2, 0.25) is 0 Å². The normalized spacial score (nSPS) is 13.4. The molecule has 1 rings (SSSR count). The Morgan fingerprint density at radius 1 is 1.47 bits per heavy atom. The molecule has 3 N–H and O–H groups in total. The summed E-state index contributed by atoms with van der Waals surface area (Å²) in [6.07, 6.45) is 3.60. The van der Waals surface area contributed by atoms with Crippen LogP contribution in [-0.2, 0) is 0 Å². The first kappa shape index (κ1) is 13.2. The highest BCUT2D eigenvalue weighted by Crippen LogP contribution is 2.27. The van der Waals surface area contributed by atoms with Crippen molar-refractivity contribution in [2.45, 2.75) is 39.2 Å². The van der Waals surface area contributed by atoms with E-state index in [1.54, 1.807) is 11.3 Å². The summed E-state index contributed by atoms with van der Waals surface area (Å²) in [7, 11) is 0. The Kier molecular flexibility index (Phi) is 5.82. The van der Waals surface area contributed by atoms with Gasteiger partial charge in [0, 0.05) is 6.04 Å². The predicted molar refractivity (Wildman–Crippen MR) is 70.8 cm³/mol. The Morgan fingerprint density at radius 3 is 2.67 bits per heavy atom. The number of hydrazine groups is 1. The van der Waals surface area contributed by atoms with Crippen molar-refractivity contribution in [1.82, 2.24) is 5.43 Å². The summed E-state index contributed by atoms with van der Waals surface area (Å²) in [4.78, 5) is 0. The van der Waals surface area contributed by atoms with Crippen molar-refractivity contribution in [3.8, 4) is 0 Å². The lowest BCUT2D eigenvalue weighted by atomic mass is 10.0. The smallest absolute Gasteiger partial charge is 0.0701 e. The van der Waals surface area contributed by atoms with E-state index in [2.05, 4.69) is 46.6 Å². The molecule has 1 aromatic heterocycles. The summed E-state index contributed by atoms with van der Waals surface area (Å²) < 4.78 is 1.17. The molecule has 1 aromatic rings. The molecule has 0 aliphatic heterocycles. The minimum Gasteiger partial charge on any atom is -0.271 e. The Morgan fingerprint density at radius 2 is 2.20 bits per heavy atom. The summed E-state index contributed by atoms with van der Waals surface area (Å²) in [5.74, 6) is 6.35. The number of rotatable bonds is 6. The minimum absolute atomic E-state index is 0.297. The topological polar surface area (TPSA) is 38.0 Å². The summed E-state index contributed by atoms with van der Waals surface area (Å²) in [6.45, 7) is 4.51. The molecule has 0 fully saturated rings. The zero-order chi connectivity index (χ0) is 11.3. The molecule has 0 aliphatic carbocycles. The Bertz CT molecular complexity index is 286. The van der Waals surface area contributed by atoms with Gasteiger partial charge in [0.1, 0.15) is 0 Å². The molecule has 15 heavy (non-hydrogen) atoms. The van der Waals surface area contributed by atoms with Crippen molar-refractivity contribution >= 4 is 27.3 Å². The number of thiophene rings is 1. The van der Waals surface area contributed by atoms with Crippen LogP contribution < -0.4 is 11.3 Å². The number of halogens is 1. The van der Waals surface area contributed by atoms with E-state index < -0.39 is 0 Å².